The molecule has 0 aliphatic heterocycles. The summed E-state index contributed by atoms with van der Waals surface area (Å²) in [5.74, 6) is -0.409. The van der Waals surface area contributed by atoms with E-state index in [2.05, 4.69) is 15.9 Å². The van der Waals surface area contributed by atoms with E-state index in [4.69, 9.17) is 4.74 Å². The lowest BCUT2D eigenvalue weighted by molar-refractivity contribution is 0.262. The zero-order valence-corrected chi connectivity index (χ0v) is 7.77. The maximum Gasteiger partial charge on any atom is 0.166 e. The Bertz CT molecular complexity index is 265. The largest absolute Gasteiger partial charge is 0.488 e. The van der Waals surface area contributed by atoms with Crippen molar-refractivity contribution in [3.63, 3.8) is 0 Å². The lowest BCUT2D eigenvalue weighted by Crippen LogP contribution is -2.00. The topological polar surface area (TPSA) is 9.23 Å². The first-order valence-electron chi connectivity index (χ1n) is 3.38. The maximum absolute atomic E-state index is 12.9. The normalized spacial score (nSPS) is 9.92. The fourth-order valence-electron chi connectivity index (χ4n) is 0.741. The van der Waals surface area contributed by atoms with Crippen molar-refractivity contribution in [2.24, 2.45) is 0 Å². The van der Waals surface area contributed by atoms with E-state index in [0.717, 1.165) is 0 Å². The van der Waals surface area contributed by atoms with Crippen molar-refractivity contribution in [2.45, 2.75) is 0 Å². The third-order valence-electron chi connectivity index (χ3n) is 1.23. The van der Waals surface area contributed by atoms with Gasteiger partial charge in [0.2, 0.25) is 0 Å². The van der Waals surface area contributed by atoms with Gasteiger partial charge in [-0.15, -0.1) is 0 Å². The van der Waals surface area contributed by atoms with Crippen molar-refractivity contribution in [2.75, 3.05) is 13.3 Å². The Hall–Kier alpha value is -0.640. The molecule has 0 heterocycles. The van der Waals surface area contributed by atoms with E-state index in [-0.39, 0.29) is 12.4 Å². The Morgan fingerprint density at radius 2 is 2.17 bits per heavy atom. The fourth-order valence-corrected chi connectivity index (χ4v) is 1.07. The standard InChI is InChI=1S/C8H7BrF2O/c9-6-1-2-8(7(11)5-6)12-4-3-10/h1-2,5H,3-4H2. The highest BCUT2D eigenvalue weighted by Crippen LogP contribution is 2.21. The molecule has 0 spiro atoms. The molecule has 66 valence electrons. The second-order valence-electron chi connectivity index (χ2n) is 2.11. The highest BCUT2D eigenvalue weighted by molar-refractivity contribution is 9.10. The molecule has 0 amide bonds. The molecule has 12 heavy (non-hydrogen) atoms. The smallest absolute Gasteiger partial charge is 0.166 e. The van der Waals surface area contributed by atoms with Gasteiger partial charge in [-0.1, -0.05) is 15.9 Å². The summed E-state index contributed by atoms with van der Waals surface area (Å²) >= 11 is 3.09. The number of alkyl halides is 1. The van der Waals surface area contributed by atoms with Crippen LogP contribution in [0.25, 0.3) is 0 Å². The van der Waals surface area contributed by atoms with Crippen LogP contribution in [0.4, 0.5) is 8.78 Å². The van der Waals surface area contributed by atoms with Gasteiger partial charge in [0.15, 0.2) is 11.6 Å². The van der Waals surface area contributed by atoms with Crippen molar-refractivity contribution in [1.29, 1.82) is 0 Å². The molecule has 0 saturated carbocycles. The van der Waals surface area contributed by atoms with Crippen LogP contribution in [0.5, 0.6) is 5.75 Å². The lowest BCUT2D eigenvalue weighted by Gasteiger charge is -2.04. The Morgan fingerprint density at radius 1 is 1.42 bits per heavy atom. The molecule has 4 heteroatoms. The average molecular weight is 237 g/mol. The first-order chi connectivity index (χ1) is 5.74. The second-order valence-corrected chi connectivity index (χ2v) is 3.03. The Labute approximate surface area is 77.5 Å². The number of ether oxygens (including phenoxy) is 1. The van der Waals surface area contributed by atoms with Gasteiger partial charge in [0.25, 0.3) is 0 Å². The van der Waals surface area contributed by atoms with E-state index in [1.54, 1.807) is 6.07 Å². The van der Waals surface area contributed by atoms with E-state index in [0.29, 0.717) is 4.47 Å². The van der Waals surface area contributed by atoms with Crippen LogP contribution in [0.15, 0.2) is 22.7 Å². The summed E-state index contributed by atoms with van der Waals surface area (Å²) in [6.45, 7) is -0.728. The molecule has 1 aromatic rings. The predicted octanol–water partition coefficient (Wildman–Crippen LogP) is 2.94. The molecule has 0 aliphatic rings. The molecule has 1 rings (SSSR count). The molecule has 0 atom stereocenters. The Kier molecular flexibility index (Phi) is 3.47. The van der Waals surface area contributed by atoms with Crippen LogP contribution >= 0.6 is 15.9 Å². The minimum Gasteiger partial charge on any atom is -0.488 e. The Morgan fingerprint density at radius 3 is 2.75 bits per heavy atom. The maximum atomic E-state index is 12.9. The zero-order valence-electron chi connectivity index (χ0n) is 6.19. The molecule has 0 bridgehead atoms. The van der Waals surface area contributed by atoms with Crippen LogP contribution in [0.2, 0.25) is 0 Å². The van der Waals surface area contributed by atoms with E-state index in [1.165, 1.54) is 12.1 Å². The summed E-state index contributed by atoms with van der Waals surface area (Å²) in [5.41, 5.74) is 0. The number of benzene rings is 1. The number of hydrogen-bond donors (Lipinski definition) is 0. The van der Waals surface area contributed by atoms with E-state index >= 15 is 0 Å². The van der Waals surface area contributed by atoms with E-state index in [1.807, 2.05) is 0 Å². The first kappa shape index (κ1) is 9.45. The second kappa shape index (κ2) is 4.40. The van der Waals surface area contributed by atoms with Crippen LogP contribution in [0.3, 0.4) is 0 Å². The van der Waals surface area contributed by atoms with Crippen molar-refractivity contribution >= 4 is 15.9 Å². The van der Waals surface area contributed by atoms with Gasteiger partial charge in [-0.2, -0.15) is 0 Å². The quantitative estimate of drug-likeness (QED) is 0.785. The summed E-state index contributed by atoms with van der Waals surface area (Å²) in [7, 11) is 0. The minimum absolute atomic E-state index is 0.0795. The van der Waals surface area contributed by atoms with Gasteiger partial charge in [-0.25, -0.2) is 8.78 Å². The summed E-state index contributed by atoms with van der Waals surface area (Å²) < 4.78 is 29.9. The molecule has 1 aromatic carbocycles. The first-order valence-corrected chi connectivity index (χ1v) is 4.17. The van der Waals surface area contributed by atoms with Crippen LogP contribution < -0.4 is 4.74 Å². The SMILES string of the molecule is FCCOc1ccc(Br)cc1F. The number of halogens is 3. The highest BCUT2D eigenvalue weighted by atomic mass is 79.9. The highest BCUT2D eigenvalue weighted by Gasteiger charge is 2.02. The summed E-state index contributed by atoms with van der Waals surface area (Å²) in [5, 5.41) is 0. The van der Waals surface area contributed by atoms with Gasteiger partial charge in [0.1, 0.15) is 13.3 Å². The van der Waals surface area contributed by atoms with Gasteiger partial charge in [0.05, 0.1) is 0 Å². The van der Waals surface area contributed by atoms with Crippen LogP contribution in [-0.4, -0.2) is 13.3 Å². The summed E-state index contributed by atoms with van der Waals surface area (Å²) in [4.78, 5) is 0. The predicted molar refractivity (Wildman–Crippen MR) is 45.6 cm³/mol. The lowest BCUT2D eigenvalue weighted by atomic mass is 10.3. The van der Waals surface area contributed by atoms with Crippen molar-refractivity contribution in [1.82, 2.24) is 0 Å². The molecular formula is C8H7BrF2O. The third-order valence-corrected chi connectivity index (χ3v) is 1.72. The monoisotopic (exact) mass is 236 g/mol. The van der Waals surface area contributed by atoms with Crippen molar-refractivity contribution in [3.8, 4) is 5.75 Å². The molecular weight excluding hydrogens is 230 g/mol. The fraction of sp³-hybridized carbons (Fsp3) is 0.250. The number of rotatable bonds is 3. The van der Waals surface area contributed by atoms with Crippen molar-refractivity contribution < 1.29 is 13.5 Å². The van der Waals surface area contributed by atoms with Gasteiger partial charge >= 0.3 is 0 Å². The molecule has 0 radical (unpaired) electrons. The third kappa shape index (κ3) is 2.44. The average Bonchev–Trinajstić information content (AvgIpc) is 2.03. The van der Waals surface area contributed by atoms with Gasteiger partial charge in [-0.05, 0) is 18.2 Å². The van der Waals surface area contributed by atoms with Gasteiger partial charge < -0.3 is 4.74 Å². The summed E-state index contributed by atoms with van der Waals surface area (Å²) in [6.07, 6.45) is 0. The molecule has 0 aliphatic carbocycles. The molecule has 0 aromatic heterocycles. The molecule has 0 unspecified atom stereocenters. The van der Waals surface area contributed by atoms with E-state index < -0.39 is 12.5 Å². The summed E-state index contributed by atoms with van der Waals surface area (Å²) in [6, 6.07) is 4.36. The molecule has 0 saturated heterocycles. The number of hydrogen-bond acceptors (Lipinski definition) is 1. The van der Waals surface area contributed by atoms with Gasteiger partial charge in [-0.3, -0.25) is 0 Å². The van der Waals surface area contributed by atoms with Crippen LogP contribution in [0, 0.1) is 5.82 Å². The molecule has 0 fully saturated rings. The van der Waals surface area contributed by atoms with Gasteiger partial charge in [0, 0.05) is 4.47 Å². The van der Waals surface area contributed by atoms with E-state index in [9.17, 15) is 8.78 Å². The Balaban J connectivity index is 2.72. The van der Waals surface area contributed by atoms with Crippen LogP contribution in [-0.2, 0) is 0 Å². The molecule has 0 N–H and O–H groups in total. The molecule has 1 nitrogen and oxygen atoms in total. The zero-order chi connectivity index (χ0) is 8.97. The van der Waals surface area contributed by atoms with Crippen molar-refractivity contribution in [3.05, 3.63) is 28.5 Å². The minimum atomic E-state index is -0.616. The van der Waals surface area contributed by atoms with Crippen LogP contribution in [0.1, 0.15) is 0 Å².